The molecule has 0 saturated carbocycles. The number of hydrogen-bond donors (Lipinski definition) is 1. The minimum atomic E-state index is -3.96. The topological polar surface area (TPSA) is 124 Å². The van der Waals surface area contributed by atoms with Crippen molar-refractivity contribution in [3.8, 4) is 5.75 Å². The van der Waals surface area contributed by atoms with Gasteiger partial charge in [0.1, 0.15) is 17.0 Å². The lowest BCUT2D eigenvalue weighted by Crippen LogP contribution is -2.14. The number of nitro groups is 1. The van der Waals surface area contributed by atoms with E-state index in [1.165, 1.54) is 13.4 Å². The molecular weight excluding hydrogens is 308 g/mol. The second-order valence-electron chi connectivity index (χ2n) is 3.44. The summed E-state index contributed by atoms with van der Waals surface area (Å²) in [6.07, 6.45) is 1.20. The van der Waals surface area contributed by atoms with E-state index >= 15 is 0 Å². The molecule has 0 aliphatic rings. The Morgan fingerprint density at radius 3 is 2.75 bits per heavy atom. The highest BCUT2D eigenvalue weighted by Gasteiger charge is 2.23. The van der Waals surface area contributed by atoms with Crippen LogP contribution in [0.1, 0.15) is 0 Å². The second kappa shape index (κ2) is 5.38. The zero-order valence-electron chi connectivity index (χ0n) is 10.0. The molecule has 20 heavy (non-hydrogen) atoms. The number of benzene rings is 1. The van der Waals surface area contributed by atoms with Crippen molar-refractivity contribution < 1.29 is 18.1 Å². The number of rotatable bonds is 5. The quantitative estimate of drug-likeness (QED) is 0.650. The van der Waals surface area contributed by atoms with Crippen LogP contribution in [0.15, 0.2) is 29.4 Å². The van der Waals surface area contributed by atoms with Crippen molar-refractivity contribution in [3.63, 3.8) is 0 Å². The van der Waals surface area contributed by atoms with Gasteiger partial charge in [0.15, 0.2) is 0 Å². The first-order valence-corrected chi connectivity index (χ1v) is 7.31. The Bertz CT molecular complexity index is 729. The minimum Gasteiger partial charge on any atom is -0.495 e. The number of nitro benzene ring substituents is 1. The number of ether oxygens (including phenoxy) is 1. The van der Waals surface area contributed by atoms with E-state index in [1.807, 2.05) is 0 Å². The fraction of sp³-hybridized carbons (Fsp3) is 0.111. The van der Waals surface area contributed by atoms with Crippen LogP contribution >= 0.6 is 11.5 Å². The molecule has 0 atom stereocenters. The Morgan fingerprint density at radius 1 is 1.45 bits per heavy atom. The molecule has 9 nitrogen and oxygen atoms in total. The average molecular weight is 316 g/mol. The van der Waals surface area contributed by atoms with E-state index in [1.54, 1.807) is 0 Å². The molecule has 1 aromatic heterocycles. The summed E-state index contributed by atoms with van der Waals surface area (Å²) in [6.45, 7) is 0. The lowest BCUT2D eigenvalue weighted by molar-refractivity contribution is -0.385. The second-order valence-corrected chi connectivity index (χ2v) is 5.88. The van der Waals surface area contributed by atoms with Gasteiger partial charge in [0.05, 0.1) is 18.1 Å². The molecule has 0 unspecified atom stereocenters. The van der Waals surface area contributed by atoms with Crippen molar-refractivity contribution in [2.24, 2.45) is 0 Å². The van der Waals surface area contributed by atoms with Crippen molar-refractivity contribution in [1.82, 2.24) is 9.36 Å². The first kappa shape index (κ1) is 14.1. The van der Waals surface area contributed by atoms with Gasteiger partial charge in [-0.1, -0.05) is 0 Å². The predicted molar refractivity (Wildman–Crippen MR) is 70.4 cm³/mol. The number of nitrogens with one attached hydrogen (secondary N) is 1. The molecule has 2 aromatic rings. The molecular formula is C9H8N4O5S2. The summed E-state index contributed by atoms with van der Waals surface area (Å²) < 4.78 is 35.0. The Balaban J connectivity index is 2.43. The van der Waals surface area contributed by atoms with Gasteiger partial charge in [0, 0.05) is 17.6 Å². The molecule has 0 fully saturated rings. The number of nitrogens with zero attached hydrogens (tertiary/aromatic N) is 3. The van der Waals surface area contributed by atoms with E-state index in [2.05, 4.69) is 14.1 Å². The summed E-state index contributed by atoms with van der Waals surface area (Å²) in [5, 5.41) is 10.7. The van der Waals surface area contributed by atoms with Gasteiger partial charge < -0.3 is 4.74 Å². The summed E-state index contributed by atoms with van der Waals surface area (Å²) in [7, 11) is -2.73. The Morgan fingerprint density at radius 2 is 2.20 bits per heavy atom. The summed E-state index contributed by atoms with van der Waals surface area (Å²) >= 11 is 0.866. The summed E-state index contributed by atoms with van der Waals surface area (Å²) in [4.78, 5) is 13.5. The van der Waals surface area contributed by atoms with E-state index in [0.717, 1.165) is 29.7 Å². The van der Waals surface area contributed by atoms with Crippen LogP contribution in [0.5, 0.6) is 5.75 Å². The first-order chi connectivity index (χ1) is 9.44. The number of sulfonamides is 1. The highest BCUT2D eigenvalue weighted by Crippen LogP contribution is 2.29. The SMILES string of the molecule is COc1cc([N+](=O)[O-])ccc1S(=O)(=O)Nc1ncns1. The van der Waals surface area contributed by atoms with E-state index in [4.69, 9.17) is 4.74 Å². The fourth-order valence-electron chi connectivity index (χ4n) is 1.38. The highest BCUT2D eigenvalue weighted by atomic mass is 32.2. The van der Waals surface area contributed by atoms with Gasteiger partial charge in [0.25, 0.3) is 15.7 Å². The largest absolute Gasteiger partial charge is 0.495 e. The standard InChI is InChI=1S/C9H8N4O5S2/c1-18-7-4-6(13(14)15)2-3-8(7)20(16,17)12-9-10-5-11-19-9/h2-5H,1H3,(H,10,11,12). The predicted octanol–water partition coefficient (Wildman–Crippen LogP) is 1.26. The van der Waals surface area contributed by atoms with Gasteiger partial charge in [-0.05, 0) is 6.07 Å². The molecule has 0 amide bonds. The maximum absolute atomic E-state index is 12.1. The summed E-state index contributed by atoms with van der Waals surface area (Å²) in [6, 6.07) is 3.21. The molecule has 0 aliphatic carbocycles. The average Bonchev–Trinajstić information content (AvgIpc) is 2.89. The fourth-order valence-corrected chi connectivity index (χ4v) is 3.19. The molecule has 0 bridgehead atoms. The zero-order chi connectivity index (χ0) is 14.8. The maximum Gasteiger partial charge on any atom is 0.273 e. The van der Waals surface area contributed by atoms with Crippen LogP contribution in [0.3, 0.4) is 0 Å². The maximum atomic E-state index is 12.1. The van der Waals surface area contributed by atoms with Gasteiger partial charge in [0.2, 0.25) is 5.13 Å². The third-order valence-electron chi connectivity index (χ3n) is 2.23. The van der Waals surface area contributed by atoms with Crippen LogP contribution in [0, 0.1) is 10.1 Å². The van der Waals surface area contributed by atoms with Crippen LogP contribution in [0.2, 0.25) is 0 Å². The van der Waals surface area contributed by atoms with Gasteiger partial charge in [-0.25, -0.2) is 13.4 Å². The lowest BCUT2D eigenvalue weighted by atomic mass is 10.3. The van der Waals surface area contributed by atoms with Gasteiger partial charge in [-0.15, -0.1) is 0 Å². The Labute approximate surface area is 117 Å². The molecule has 1 N–H and O–H groups in total. The monoisotopic (exact) mass is 316 g/mol. The number of aromatic nitrogens is 2. The summed E-state index contributed by atoms with van der Waals surface area (Å²) in [5.74, 6) is -0.129. The van der Waals surface area contributed by atoms with Crippen molar-refractivity contribution in [2.45, 2.75) is 4.90 Å². The van der Waals surface area contributed by atoms with E-state index in [9.17, 15) is 18.5 Å². The van der Waals surface area contributed by atoms with Crippen molar-refractivity contribution in [3.05, 3.63) is 34.6 Å². The van der Waals surface area contributed by atoms with E-state index < -0.39 is 14.9 Å². The van der Waals surface area contributed by atoms with Crippen LogP contribution in [0.4, 0.5) is 10.8 Å². The normalized spacial score (nSPS) is 11.1. The zero-order valence-corrected chi connectivity index (χ0v) is 11.6. The number of anilines is 1. The highest BCUT2D eigenvalue weighted by molar-refractivity contribution is 7.93. The van der Waals surface area contributed by atoms with E-state index in [-0.39, 0.29) is 21.5 Å². The van der Waals surface area contributed by atoms with Gasteiger partial charge in [-0.3, -0.25) is 14.8 Å². The third kappa shape index (κ3) is 2.83. The molecule has 0 saturated heterocycles. The van der Waals surface area contributed by atoms with Crippen LogP contribution < -0.4 is 9.46 Å². The third-order valence-corrected chi connectivity index (χ3v) is 4.32. The minimum absolute atomic E-state index is 0.0883. The Kier molecular flexibility index (Phi) is 3.81. The van der Waals surface area contributed by atoms with Crippen LogP contribution in [-0.4, -0.2) is 29.8 Å². The number of methoxy groups -OCH3 is 1. The van der Waals surface area contributed by atoms with E-state index in [0.29, 0.717) is 0 Å². The molecule has 106 valence electrons. The molecule has 2 rings (SSSR count). The molecule has 0 radical (unpaired) electrons. The molecule has 0 aliphatic heterocycles. The summed E-state index contributed by atoms with van der Waals surface area (Å²) in [5.41, 5.74) is -0.267. The number of non-ortho nitro benzene ring substituents is 1. The van der Waals surface area contributed by atoms with Crippen molar-refractivity contribution >= 4 is 32.4 Å². The van der Waals surface area contributed by atoms with Crippen LogP contribution in [0.25, 0.3) is 0 Å². The van der Waals surface area contributed by atoms with Crippen molar-refractivity contribution in [1.29, 1.82) is 0 Å². The lowest BCUT2D eigenvalue weighted by Gasteiger charge is -2.09. The smallest absolute Gasteiger partial charge is 0.273 e. The van der Waals surface area contributed by atoms with Gasteiger partial charge >= 0.3 is 0 Å². The van der Waals surface area contributed by atoms with Crippen molar-refractivity contribution in [2.75, 3.05) is 11.8 Å². The molecule has 1 aromatic carbocycles. The van der Waals surface area contributed by atoms with Gasteiger partial charge in [-0.2, -0.15) is 4.37 Å². The first-order valence-electron chi connectivity index (χ1n) is 5.06. The Hall–Kier alpha value is -2.27. The molecule has 1 heterocycles. The molecule has 11 heteroatoms. The number of hydrogen-bond acceptors (Lipinski definition) is 8. The molecule has 0 spiro atoms. The van der Waals surface area contributed by atoms with Crippen LogP contribution in [-0.2, 0) is 10.0 Å².